The van der Waals surface area contributed by atoms with Crippen LogP contribution in [0.4, 0.5) is 0 Å². The van der Waals surface area contributed by atoms with Gasteiger partial charge in [0.1, 0.15) is 0 Å². The van der Waals surface area contributed by atoms with Crippen LogP contribution in [0.5, 0.6) is 0 Å². The number of thioether (sulfide) groups is 1. The van der Waals surface area contributed by atoms with Crippen molar-refractivity contribution in [3.63, 3.8) is 0 Å². The molecule has 1 aliphatic heterocycles. The molecule has 1 heterocycles. The highest BCUT2D eigenvalue weighted by molar-refractivity contribution is 7.98. The van der Waals surface area contributed by atoms with E-state index in [2.05, 4.69) is 44.2 Å². The summed E-state index contributed by atoms with van der Waals surface area (Å²) in [6.07, 6.45) is 4.49. The highest BCUT2D eigenvalue weighted by atomic mass is 32.2. The van der Waals surface area contributed by atoms with Gasteiger partial charge in [0.2, 0.25) is 5.91 Å². The summed E-state index contributed by atoms with van der Waals surface area (Å²) in [5.41, 5.74) is 0. The largest absolute Gasteiger partial charge is 0.322 e. The first-order valence-corrected chi connectivity index (χ1v) is 7.99. The van der Waals surface area contributed by atoms with E-state index >= 15 is 0 Å². The van der Waals surface area contributed by atoms with Gasteiger partial charge in [0.05, 0.1) is 12.2 Å². The fourth-order valence-electron chi connectivity index (χ4n) is 2.49. The maximum absolute atomic E-state index is 12.4. The molecule has 17 heavy (non-hydrogen) atoms. The zero-order valence-corrected chi connectivity index (χ0v) is 12.5. The average molecular weight is 258 g/mol. The third-order valence-corrected chi connectivity index (χ3v) is 4.16. The number of carbonyl (C=O) groups is 1. The third kappa shape index (κ3) is 3.38. The summed E-state index contributed by atoms with van der Waals surface area (Å²) in [6.45, 7) is 8.55. The van der Waals surface area contributed by atoms with E-state index in [0.29, 0.717) is 17.9 Å². The first kappa shape index (κ1) is 14.8. The average Bonchev–Trinajstić information content (AvgIpc) is 2.56. The molecular weight excluding hydrogens is 232 g/mol. The van der Waals surface area contributed by atoms with Gasteiger partial charge in [-0.15, -0.1) is 0 Å². The molecule has 0 radical (unpaired) electrons. The number of carbonyl (C=O) groups excluding carboxylic acids is 1. The van der Waals surface area contributed by atoms with Gasteiger partial charge in [-0.2, -0.15) is 11.8 Å². The van der Waals surface area contributed by atoms with Crippen LogP contribution in [0.3, 0.4) is 0 Å². The molecule has 0 aliphatic carbocycles. The van der Waals surface area contributed by atoms with Gasteiger partial charge in [0.25, 0.3) is 0 Å². The molecule has 1 fully saturated rings. The zero-order chi connectivity index (χ0) is 13.0. The molecule has 0 aromatic carbocycles. The van der Waals surface area contributed by atoms with E-state index in [1.807, 2.05) is 0 Å². The SMILES string of the molecule is CCCC1NC(C(C)C)C(=O)N1C(C)CSC. The molecule has 1 N–H and O–H groups in total. The quantitative estimate of drug-likeness (QED) is 0.793. The van der Waals surface area contributed by atoms with E-state index in [1.165, 1.54) is 0 Å². The Morgan fingerprint density at radius 3 is 2.53 bits per heavy atom. The van der Waals surface area contributed by atoms with Gasteiger partial charge >= 0.3 is 0 Å². The van der Waals surface area contributed by atoms with Crippen LogP contribution in [0.2, 0.25) is 0 Å². The molecule has 0 saturated carbocycles. The Bertz CT molecular complexity index is 258. The van der Waals surface area contributed by atoms with Crippen molar-refractivity contribution >= 4 is 17.7 Å². The standard InChI is InChI=1S/C13H26N2OS/c1-6-7-11-14-12(9(2)3)13(16)15(11)10(4)8-17-5/h9-12,14H,6-8H2,1-5H3. The summed E-state index contributed by atoms with van der Waals surface area (Å²) in [5, 5.41) is 3.50. The van der Waals surface area contributed by atoms with E-state index in [-0.39, 0.29) is 12.2 Å². The number of rotatable bonds is 6. The number of nitrogens with one attached hydrogen (secondary N) is 1. The Morgan fingerprint density at radius 2 is 2.06 bits per heavy atom. The molecule has 0 aromatic rings. The van der Waals surface area contributed by atoms with Crippen LogP contribution in [0.1, 0.15) is 40.5 Å². The van der Waals surface area contributed by atoms with Crippen LogP contribution in [-0.2, 0) is 4.79 Å². The van der Waals surface area contributed by atoms with E-state index < -0.39 is 0 Å². The van der Waals surface area contributed by atoms with Crippen LogP contribution in [0.25, 0.3) is 0 Å². The molecule has 3 atom stereocenters. The van der Waals surface area contributed by atoms with Crippen molar-refractivity contribution in [1.29, 1.82) is 0 Å². The molecule has 100 valence electrons. The van der Waals surface area contributed by atoms with E-state index in [0.717, 1.165) is 18.6 Å². The van der Waals surface area contributed by atoms with Gasteiger partial charge in [-0.1, -0.05) is 27.2 Å². The van der Waals surface area contributed by atoms with Crippen molar-refractivity contribution in [2.24, 2.45) is 5.92 Å². The summed E-state index contributed by atoms with van der Waals surface area (Å²) in [7, 11) is 0. The molecule has 3 nitrogen and oxygen atoms in total. The van der Waals surface area contributed by atoms with Crippen molar-refractivity contribution in [3.05, 3.63) is 0 Å². The number of hydrogen-bond acceptors (Lipinski definition) is 3. The summed E-state index contributed by atoms with van der Waals surface area (Å²) in [4.78, 5) is 14.5. The van der Waals surface area contributed by atoms with Gasteiger partial charge in [-0.3, -0.25) is 10.1 Å². The monoisotopic (exact) mass is 258 g/mol. The molecule has 3 unspecified atom stereocenters. The molecule has 0 bridgehead atoms. The summed E-state index contributed by atoms with van der Waals surface area (Å²) in [6, 6.07) is 0.334. The predicted molar refractivity (Wildman–Crippen MR) is 75.1 cm³/mol. The second kappa shape index (κ2) is 6.64. The predicted octanol–water partition coefficient (Wildman–Crippen LogP) is 2.32. The maximum Gasteiger partial charge on any atom is 0.241 e. The second-order valence-electron chi connectivity index (χ2n) is 5.24. The minimum absolute atomic E-state index is 0.0101. The molecule has 0 spiro atoms. The van der Waals surface area contributed by atoms with Crippen LogP contribution in [0.15, 0.2) is 0 Å². The van der Waals surface area contributed by atoms with Gasteiger partial charge in [-0.05, 0) is 25.5 Å². The van der Waals surface area contributed by atoms with Crippen molar-refractivity contribution in [2.45, 2.75) is 58.8 Å². The van der Waals surface area contributed by atoms with E-state index in [1.54, 1.807) is 11.8 Å². The van der Waals surface area contributed by atoms with Crippen molar-refractivity contribution in [3.8, 4) is 0 Å². The van der Waals surface area contributed by atoms with Gasteiger partial charge in [-0.25, -0.2) is 0 Å². The Labute approximate surface area is 110 Å². The molecule has 4 heteroatoms. The van der Waals surface area contributed by atoms with Crippen molar-refractivity contribution in [2.75, 3.05) is 12.0 Å². The van der Waals surface area contributed by atoms with Gasteiger partial charge in [0, 0.05) is 11.8 Å². The first-order valence-electron chi connectivity index (χ1n) is 6.60. The van der Waals surface area contributed by atoms with Crippen molar-refractivity contribution in [1.82, 2.24) is 10.2 Å². The lowest BCUT2D eigenvalue weighted by atomic mass is 10.0. The lowest BCUT2D eigenvalue weighted by molar-refractivity contribution is -0.132. The molecule has 0 aromatic heterocycles. The minimum Gasteiger partial charge on any atom is -0.322 e. The number of amides is 1. The Hall–Kier alpha value is -0.220. The Balaban J connectivity index is 2.78. The van der Waals surface area contributed by atoms with Crippen LogP contribution in [0, 0.1) is 5.92 Å². The number of nitrogens with zero attached hydrogens (tertiary/aromatic N) is 1. The van der Waals surface area contributed by atoms with Crippen molar-refractivity contribution < 1.29 is 4.79 Å². The third-order valence-electron chi connectivity index (χ3n) is 3.34. The zero-order valence-electron chi connectivity index (χ0n) is 11.7. The topological polar surface area (TPSA) is 32.3 Å². The summed E-state index contributed by atoms with van der Waals surface area (Å²) >= 11 is 1.81. The normalized spacial score (nSPS) is 26.9. The fourth-order valence-corrected chi connectivity index (χ4v) is 3.14. The van der Waals surface area contributed by atoms with Crippen LogP contribution >= 0.6 is 11.8 Å². The summed E-state index contributed by atoms with van der Waals surface area (Å²) in [5.74, 6) is 1.67. The number of hydrogen-bond donors (Lipinski definition) is 1. The molecule has 1 amide bonds. The summed E-state index contributed by atoms with van der Waals surface area (Å²) < 4.78 is 0. The molecule has 1 rings (SSSR count). The highest BCUT2D eigenvalue weighted by Gasteiger charge is 2.41. The molecular formula is C13H26N2OS. The van der Waals surface area contributed by atoms with E-state index in [9.17, 15) is 4.79 Å². The Kier molecular flexibility index (Phi) is 5.80. The first-order chi connectivity index (χ1) is 8.02. The second-order valence-corrected chi connectivity index (χ2v) is 6.15. The molecule has 1 aliphatic rings. The van der Waals surface area contributed by atoms with Crippen LogP contribution in [-0.4, -0.2) is 41.1 Å². The lowest BCUT2D eigenvalue weighted by Crippen LogP contribution is -2.44. The van der Waals surface area contributed by atoms with Crippen LogP contribution < -0.4 is 5.32 Å². The van der Waals surface area contributed by atoms with Gasteiger partial charge in [0.15, 0.2) is 0 Å². The van der Waals surface area contributed by atoms with E-state index in [4.69, 9.17) is 0 Å². The smallest absolute Gasteiger partial charge is 0.241 e. The lowest BCUT2D eigenvalue weighted by Gasteiger charge is -2.29. The Morgan fingerprint density at radius 1 is 1.41 bits per heavy atom. The fraction of sp³-hybridized carbons (Fsp3) is 0.923. The van der Waals surface area contributed by atoms with Gasteiger partial charge < -0.3 is 4.90 Å². The molecule has 1 saturated heterocycles. The minimum atomic E-state index is 0.0101. The maximum atomic E-state index is 12.4. The highest BCUT2D eigenvalue weighted by Crippen LogP contribution is 2.23.